The SMILES string of the molecule is C=C(CN=C=O)C1CCCSC1. The Bertz CT molecular complexity index is 203. The maximum atomic E-state index is 9.85. The molecular weight excluding hydrogens is 170 g/mol. The second kappa shape index (κ2) is 5.18. The lowest BCUT2D eigenvalue weighted by Gasteiger charge is -2.21. The van der Waals surface area contributed by atoms with Crippen molar-refractivity contribution in [1.29, 1.82) is 0 Å². The second-order valence-corrected chi connectivity index (χ2v) is 4.13. The van der Waals surface area contributed by atoms with Gasteiger partial charge in [-0.15, -0.1) is 0 Å². The number of nitrogens with zero attached hydrogens (tertiary/aromatic N) is 1. The van der Waals surface area contributed by atoms with Gasteiger partial charge in [-0.1, -0.05) is 12.2 Å². The average Bonchev–Trinajstić information content (AvgIpc) is 2.15. The summed E-state index contributed by atoms with van der Waals surface area (Å²) in [6.07, 6.45) is 4.02. The summed E-state index contributed by atoms with van der Waals surface area (Å²) in [6, 6.07) is 0. The number of isocyanates is 1. The van der Waals surface area contributed by atoms with Crippen molar-refractivity contribution >= 4 is 17.8 Å². The number of hydrogen-bond donors (Lipinski definition) is 0. The van der Waals surface area contributed by atoms with Crippen LogP contribution in [0.25, 0.3) is 0 Å². The van der Waals surface area contributed by atoms with Gasteiger partial charge < -0.3 is 0 Å². The quantitative estimate of drug-likeness (QED) is 0.380. The van der Waals surface area contributed by atoms with E-state index in [9.17, 15) is 4.79 Å². The van der Waals surface area contributed by atoms with Crippen LogP contribution in [0.3, 0.4) is 0 Å². The first kappa shape index (κ1) is 9.56. The van der Waals surface area contributed by atoms with Crippen molar-refractivity contribution in [2.45, 2.75) is 12.8 Å². The normalized spacial score (nSPS) is 22.8. The number of hydrogen-bond acceptors (Lipinski definition) is 3. The second-order valence-electron chi connectivity index (χ2n) is 2.98. The smallest absolute Gasteiger partial charge is 0.211 e. The molecule has 66 valence electrons. The molecule has 12 heavy (non-hydrogen) atoms. The van der Waals surface area contributed by atoms with Gasteiger partial charge >= 0.3 is 0 Å². The predicted molar refractivity (Wildman–Crippen MR) is 52.2 cm³/mol. The van der Waals surface area contributed by atoms with E-state index in [4.69, 9.17) is 0 Å². The van der Waals surface area contributed by atoms with Crippen LogP contribution in [0.5, 0.6) is 0 Å². The van der Waals surface area contributed by atoms with E-state index in [1.807, 2.05) is 11.8 Å². The van der Waals surface area contributed by atoms with Crippen molar-refractivity contribution in [2.75, 3.05) is 18.1 Å². The lowest BCUT2D eigenvalue weighted by atomic mass is 9.97. The fourth-order valence-electron chi connectivity index (χ4n) is 1.33. The zero-order valence-electron chi connectivity index (χ0n) is 7.08. The molecule has 0 amide bonds. The van der Waals surface area contributed by atoms with Gasteiger partial charge in [-0.3, -0.25) is 0 Å². The molecule has 2 nitrogen and oxygen atoms in total. The van der Waals surface area contributed by atoms with Crippen LogP contribution in [0.2, 0.25) is 0 Å². The van der Waals surface area contributed by atoms with Gasteiger partial charge in [-0.2, -0.15) is 11.8 Å². The highest BCUT2D eigenvalue weighted by atomic mass is 32.2. The zero-order chi connectivity index (χ0) is 8.81. The van der Waals surface area contributed by atoms with Crippen molar-refractivity contribution in [1.82, 2.24) is 0 Å². The van der Waals surface area contributed by atoms with E-state index in [1.165, 1.54) is 18.6 Å². The third kappa shape index (κ3) is 2.84. The molecule has 1 unspecified atom stereocenters. The topological polar surface area (TPSA) is 29.4 Å². The Balaban J connectivity index is 2.34. The molecule has 0 aromatic rings. The standard InChI is InChI=1S/C9H13NOS/c1-8(5-10-7-11)9-3-2-4-12-6-9/h9H,1-6H2. The molecule has 0 N–H and O–H groups in total. The molecule has 3 heteroatoms. The van der Waals surface area contributed by atoms with Crippen molar-refractivity contribution in [3.05, 3.63) is 12.2 Å². The maximum Gasteiger partial charge on any atom is 0.235 e. The lowest BCUT2D eigenvalue weighted by Crippen LogP contribution is -2.13. The highest BCUT2D eigenvalue weighted by Gasteiger charge is 2.15. The Morgan fingerprint density at radius 2 is 2.58 bits per heavy atom. The van der Waals surface area contributed by atoms with E-state index in [1.54, 1.807) is 6.08 Å². The minimum atomic E-state index is 0.467. The maximum absolute atomic E-state index is 9.85. The van der Waals surface area contributed by atoms with Gasteiger partial charge in [-0.25, -0.2) is 9.79 Å². The molecule has 1 atom stereocenters. The van der Waals surface area contributed by atoms with Crippen LogP contribution in [-0.2, 0) is 4.79 Å². The molecular formula is C9H13NOS. The Morgan fingerprint density at radius 3 is 3.17 bits per heavy atom. The van der Waals surface area contributed by atoms with Crippen LogP contribution in [-0.4, -0.2) is 24.1 Å². The lowest BCUT2D eigenvalue weighted by molar-refractivity contribution is 0.560. The summed E-state index contributed by atoms with van der Waals surface area (Å²) < 4.78 is 0. The Labute approximate surface area is 77.1 Å². The number of thioether (sulfide) groups is 1. The summed E-state index contributed by atoms with van der Waals surface area (Å²) in [7, 11) is 0. The van der Waals surface area contributed by atoms with Gasteiger partial charge in [0, 0.05) is 0 Å². The first-order valence-electron chi connectivity index (χ1n) is 4.13. The Morgan fingerprint density at radius 1 is 1.75 bits per heavy atom. The van der Waals surface area contributed by atoms with Crippen molar-refractivity contribution < 1.29 is 4.79 Å². The summed E-state index contributed by atoms with van der Waals surface area (Å²) in [6.45, 7) is 4.40. The average molecular weight is 183 g/mol. The van der Waals surface area contributed by atoms with E-state index in [0.29, 0.717) is 12.5 Å². The van der Waals surface area contributed by atoms with Crippen LogP contribution in [0.1, 0.15) is 12.8 Å². The van der Waals surface area contributed by atoms with Crippen LogP contribution in [0, 0.1) is 5.92 Å². The van der Waals surface area contributed by atoms with Gasteiger partial charge in [-0.05, 0) is 30.3 Å². The molecule has 0 aromatic heterocycles. The van der Waals surface area contributed by atoms with E-state index >= 15 is 0 Å². The number of carbonyl (C=O) groups excluding carboxylic acids is 1. The first-order chi connectivity index (χ1) is 5.84. The molecule has 1 aliphatic rings. The number of aliphatic imine (C=N–C) groups is 1. The largest absolute Gasteiger partial charge is 0.235 e. The Kier molecular flexibility index (Phi) is 4.12. The van der Waals surface area contributed by atoms with Crippen molar-refractivity contribution in [3.8, 4) is 0 Å². The minimum Gasteiger partial charge on any atom is -0.211 e. The van der Waals surface area contributed by atoms with Gasteiger partial charge in [0.05, 0.1) is 6.54 Å². The molecule has 1 rings (SSSR count). The Hall–Kier alpha value is -0.530. The molecule has 1 aliphatic heterocycles. The molecule has 0 aliphatic carbocycles. The van der Waals surface area contributed by atoms with E-state index in [-0.39, 0.29) is 0 Å². The molecule has 0 bridgehead atoms. The first-order valence-corrected chi connectivity index (χ1v) is 5.29. The zero-order valence-corrected chi connectivity index (χ0v) is 7.90. The third-order valence-corrected chi connectivity index (χ3v) is 3.30. The molecule has 0 aromatic carbocycles. The fraction of sp³-hybridized carbons (Fsp3) is 0.667. The molecule has 0 spiro atoms. The van der Waals surface area contributed by atoms with E-state index in [2.05, 4.69) is 11.6 Å². The van der Waals surface area contributed by atoms with Gasteiger partial charge in [0.15, 0.2) is 0 Å². The van der Waals surface area contributed by atoms with E-state index < -0.39 is 0 Å². The molecule has 0 radical (unpaired) electrons. The molecule has 1 saturated heterocycles. The van der Waals surface area contributed by atoms with Crippen LogP contribution in [0.4, 0.5) is 0 Å². The highest BCUT2D eigenvalue weighted by molar-refractivity contribution is 7.99. The van der Waals surface area contributed by atoms with E-state index in [0.717, 1.165) is 11.3 Å². The summed E-state index contributed by atoms with van der Waals surface area (Å²) in [5, 5.41) is 0. The van der Waals surface area contributed by atoms with Gasteiger partial charge in [0.2, 0.25) is 6.08 Å². The van der Waals surface area contributed by atoms with Gasteiger partial charge in [0.25, 0.3) is 0 Å². The molecule has 1 heterocycles. The number of rotatable bonds is 3. The predicted octanol–water partition coefficient (Wildman–Crippen LogP) is 2.02. The summed E-state index contributed by atoms with van der Waals surface area (Å²) >= 11 is 1.96. The van der Waals surface area contributed by atoms with Crippen LogP contribution < -0.4 is 0 Å². The van der Waals surface area contributed by atoms with Crippen molar-refractivity contribution in [2.24, 2.45) is 10.9 Å². The summed E-state index contributed by atoms with van der Waals surface area (Å²) in [5.74, 6) is 2.98. The minimum absolute atomic E-state index is 0.467. The summed E-state index contributed by atoms with van der Waals surface area (Å²) in [4.78, 5) is 13.4. The van der Waals surface area contributed by atoms with Crippen LogP contribution >= 0.6 is 11.8 Å². The fourth-order valence-corrected chi connectivity index (χ4v) is 2.55. The highest BCUT2D eigenvalue weighted by Crippen LogP contribution is 2.27. The summed E-state index contributed by atoms with van der Waals surface area (Å²) in [5.41, 5.74) is 1.09. The molecule has 1 fully saturated rings. The van der Waals surface area contributed by atoms with Crippen molar-refractivity contribution in [3.63, 3.8) is 0 Å². The third-order valence-electron chi connectivity index (χ3n) is 2.08. The van der Waals surface area contributed by atoms with Crippen LogP contribution in [0.15, 0.2) is 17.1 Å². The van der Waals surface area contributed by atoms with Gasteiger partial charge in [0.1, 0.15) is 0 Å². The molecule has 0 saturated carbocycles. The monoisotopic (exact) mass is 183 g/mol.